The first-order valence-corrected chi connectivity index (χ1v) is 5.26. The van der Waals surface area contributed by atoms with E-state index >= 15 is 0 Å². The molecule has 1 saturated carbocycles. The molecule has 0 amide bonds. The maximum Gasteiger partial charge on any atom is 0.289 e. The van der Waals surface area contributed by atoms with Crippen molar-refractivity contribution < 1.29 is 4.92 Å². The molecular formula is C9H11ClN4O2. The monoisotopic (exact) mass is 242 g/mol. The third-order valence-electron chi connectivity index (χ3n) is 2.55. The van der Waals surface area contributed by atoms with Crippen LogP contribution in [-0.4, -0.2) is 22.0 Å². The molecule has 0 spiro atoms. The summed E-state index contributed by atoms with van der Waals surface area (Å²) in [6.45, 7) is 0. The Kier molecular flexibility index (Phi) is 2.93. The van der Waals surface area contributed by atoms with Gasteiger partial charge in [0.15, 0.2) is 0 Å². The van der Waals surface area contributed by atoms with Crippen molar-refractivity contribution in [3.63, 3.8) is 0 Å². The van der Waals surface area contributed by atoms with Crippen LogP contribution < -0.4 is 11.1 Å². The zero-order chi connectivity index (χ0) is 11.7. The van der Waals surface area contributed by atoms with Gasteiger partial charge in [0.05, 0.1) is 9.95 Å². The molecule has 0 unspecified atom stereocenters. The number of nitro groups is 1. The lowest BCUT2D eigenvalue weighted by molar-refractivity contribution is -0.385. The molecule has 0 aliphatic heterocycles. The fraction of sp³-hybridized carbons (Fsp3) is 0.444. The van der Waals surface area contributed by atoms with Crippen LogP contribution in [0.1, 0.15) is 12.8 Å². The van der Waals surface area contributed by atoms with Gasteiger partial charge in [-0.25, -0.2) is 4.98 Å². The summed E-state index contributed by atoms with van der Waals surface area (Å²) in [6, 6.07) is 1.78. The summed E-state index contributed by atoms with van der Waals surface area (Å²) in [5, 5.41) is 13.8. The number of halogens is 1. The fourth-order valence-corrected chi connectivity index (χ4v) is 1.82. The molecule has 1 aromatic rings. The standard InChI is InChI=1S/C9H11ClN4O2/c10-8-3-7(14(15)16)4-12-9(8)13-6-1-5(11)2-6/h3-6H,1-2,11H2,(H,12,13). The molecule has 6 nitrogen and oxygen atoms in total. The number of hydrogen-bond donors (Lipinski definition) is 2. The number of anilines is 1. The lowest BCUT2D eigenvalue weighted by atomic mass is 9.88. The molecule has 16 heavy (non-hydrogen) atoms. The quantitative estimate of drug-likeness (QED) is 0.619. The molecule has 7 heteroatoms. The van der Waals surface area contributed by atoms with E-state index in [2.05, 4.69) is 10.3 Å². The Hall–Kier alpha value is -1.40. The molecule has 1 fully saturated rings. The van der Waals surface area contributed by atoms with E-state index in [9.17, 15) is 10.1 Å². The Balaban J connectivity index is 2.07. The predicted octanol–water partition coefficient (Wildman–Crippen LogP) is 1.54. The van der Waals surface area contributed by atoms with E-state index in [1.165, 1.54) is 12.3 Å². The second-order valence-corrected chi connectivity index (χ2v) is 4.26. The number of aromatic nitrogens is 1. The molecule has 1 aliphatic carbocycles. The Morgan fingerprint density at radius 3 is 2.81 bits per heavy atom. The largest absolute Gasteiger partial charge is 0.366 e. The number of hydrogen-bond acceptors (Lipinski definition) is 5. The predicted molar refractivity (Wildman–Crippen MR) is 60.5 cm³/mol. The highest BCUT2D eigenvalue weighted by Crippen LogP contribution is 2.28. The number of rotatable bonds is 3. The average Bonchev–Trinajstić information content (AvgIpc) is 2.18. The van der Waals surface area contributed by atoms with Crippen molar-refractivity contribution in [1.29, 1.82) is 0 Å². The summed E-state index contributed by atoms with van der Waals surface area (Å²) in [7, 11) is 0. The van der Waals surface area contributed by atoms with Gasteiger partial charge >= 0.3 is 0 Å². The Morgan fingerprint density at radius 1 is 1.62 bits per heavy atom. The van der Waals surface area contributed by atoms with Crippen molar-refractivity contribution in [2.75, 3.05) is 5.32 Å². The van der Waals surface area contributed by atoms with E-state index in [1.54, 1.807) is 0 Å². The van der Waals surface area contributed by atoms with E-state index in [-0.39, 0.29) is 22.8 Å². The van der Waals surface area contributed by atoms with Crippen LogP contribution in [0.25, 0.3) is 0 Å². The number of pyridine rings is 1. The van der Waals surface area contributed by atoms with Crippen LogP contribution in [0.5, 0.6) is 0 Å². The van der Waals surface area contributed by atoms with Gasteiger partial charge in [0, 0.05) is 18.2 Å². The van der Waals surface area contributed by atoms with Gasteiger partial charge in [0.2, 0.25) is 0 Å². The topological polar surface area (TPSA) is 94.1 Å². The number of nitrogens with one attached hydrogen (secondary N) is 1. The van der Waals surface area contributed by atoms with Gasteiger partial charge in [-0.05, 0) is 12.8 Å². The van der Waals surface area contributed by atoms with Crippen molar-refractivity contribution >= 4 is 23.1 Å². The first kappa shape index (κ1) is 11.1. The van der Waals surface area contributed by atoms with Crippen LogP contribution in [-0.2, 0) is 0 Å². The van der Waals surface area contributed by atoms with E-state index in [0.717, 1.165) is 12.8 Å². The van der Waals surface area contributed by atoms with Crippen LogP contribution in [0.2, 0.25) is 5.02 Å². The maximum absolute atomic E-state index is 10.5. The van der Waals surface area contributed by atoms with Gasteiger partial charge in [-0.2, -0.15) is 0 Å². The van der Waals surface area contributed by atoms with Gasteiger partial charge in [0.1, 0.15) is 12.0 Å². The van der Waals surface area contributed by atoms with Crippen molar-refractivity contribution in [2.24, 2.45) is 5.73 Å². The molecule has 0 aromatic carbocycles. The lowest BCUT2D eigenvalue weighted by Crippen LogP contribution is -2.44. The second kappa shape index (κ2) is 4.23. The summed E-state index contributed by atoms with van der Waals surface area (Å²) in [5.41, 5.74) is 5.53. The summed E-state index contributed by atoms with van der Waals surface area (Å²) in [4.78, 5) is 13.9. The first-order valence-electron chi connectivity index (χ1n) is 4.88. The molecule has 0 atom stereocenters. The third kappa shape index (κ3) is 2.23. The molecule has 1 aliphatic rings. The van der Waals surface area contributed by atoms with Crippen LogP contribution in [0, 0.1) is 10.1 Å². The molecular weight excluding hydrogens is 232 g/mol. The molecule has 3 N–H and O–H groups in total. The van der Waals surface area contributed by atoms with Crippen LogP contribution in [0.15, 0.2) is 12.3 Å². The van der Waals surface area contributed by atoms with E-state index in [0.29, 0.717) is 5.82 Å². The molecule has 1 aromatic heterocycles. The fourth-order valence-electron chi connectivity index (χ4n) is 1.61. The van der Waals surface area contributed by atoms with Gasteiger partial charge in [0.25, 0.3) is 5.69 Å². The highest BCUT2D eigenvalue weighted by atomic mass is 35.5. The molecule has 0 saturated heterocycles. The van der Waals surface area contributed by atoms with Gasteiger partial charge in [-0.3, -0.25) is 10.1 Å². The maximum atomic E-state index is 10.5. The zero-order valence-corrected chi connectivity index (χ0v) is 9.15. The first-order chi connectivity index (χ1) is 7.56. The highest BCUT2D eigenvalue weighted by molar-refractivity contribution is 6.33. The summed E-state index contributed by atoms with van der Waals surface area (Å²) in [6.07, 6.45) is 2.93. The van der Waals surface area contributed by atoms with Crippen molar-refractivity contribution in [1.82, 2.24) is 4.98 Å². The van der Waals surface area contributed by atoms with Crippen molar-refractivity contribution in [3.8, 4) is 0 Å². The smallest absolute Gasteiger partial charge is 0.289 e. The Morgan fingerprint density at radius 2 is 2.31 bits per heavy atom. The molecule has 1 heterocycles. The van der Waals surface area contributed by atoms with E-state index in [4.69, 9.17) is 17.3 Å². The normalized spacial score (nSPS) is 23.6. The number of nitrogens with zero attached hydrogens (tertiary/aromatic N) is 2. The zero-order valence-electron chi connectivity index (χ0n) is 8.39. The minimum Gasteiger partial charge on any atom is -0.366 e. The number of nitrogens with two attached hydrogens (primary N) is 1. The van der Waals surface area contributed by atoms with Crippen molar-refractivity contribution in [2.45, 2.75) is 24.9 Å². The van der Waals surface area contributed by atoms with Gasteiger partial charge < -0.3 is 11.1 Å². The molecule has 0 bridgehead atoms. The van der Waals surface area contributed by atoms with Crippen molar-refractivity contribution in [3.05, 3.63) is 27.4 Å². The van der Waals surface area contributed by atoms with Crippen LogP contribution in [0.3, 0.4) is 0 Å². The average molecular weight is 243 g/mol. The summed E-state index contributed by atoms with van der Waals surface area (Å²) < 4.78 is 0. The van der Waals surface area contributed by atoms with Crippen LogP contribution >= 0.6 is 11.6 Å². The molecule has 0 radical (unpaired) electrons. The second-order valence-electron chi connectivity index (χ2n) is 3.85. The SMILES string of the molecule is NC1CC(Nc2ncc([N+](=O)[O-])cc2Cl)C1. The third-order valence-corrected chi connectivity index (χ3v) is 2.84. The highest BCUT2D eigenvalue weighted by Gasteiger charge is 2.26. The molecule has 2 rings (SSSR count). The summed E-state index contributed by atoms with van der Waals surface area (Å²) >= 11 is 5.87. The summed E-state index contributed by atoms with van der Waals surface area (Å²) in [5.74, 6) is 0.476. The Bertz CT molecular complexity index is 420. The Labute approximate surface area is 97.0 Å². The van der Waals surface area contributed by atoms with Gasteiger partial charge in [-0.1, -0.05) is 11.6 Å². The molecule has 86 valence electrons. The minimum absolute atomic E-state index is 0.110. The van der Waals surface area contributed by atoms with E-state index in [1.807, 2.05) is 0 Å². The lowest BCUT2D eigenvalue weighted by Gasteiger charge is -2.33. The van der Waals surface area contributed by atoms with Gasteiger partial charge in [-0.15, -0.1) is 0 Å². The van der Waals surface area contributed by atoms with Crippen LogP contribution in [0.4, 0.5) is 11.5 Å². The minimum atomic E-state index is -0.526. The van der Waals surface area contributed by atoms with E-state index < -0.39 is 4.92 Å².